The van der Waals surface area contributed by atoms with Crippen LogP contribution in [0.3, 0.4) is 0 Å². The highest BCUT2D eigenvalue weighted by molar-refractivity contribution is 5.81. The molecular weight excluding hydrogens is 192 g/mol. The zero-order valence-corrected chi connectivity index (χ0v) is 8.43. The fourth-order valence-electron chi connectivity index (χ4n) is 1.61. The Kier molecular flexibility index (Phi) is 2.46. The molecule has 2 aromatic rings. The van der Waals surface area contributed by atoms with Crippen molar-refractivity contribution in [2.75, 3.05) is 0 Å². The van der Waals surface area contributed by atoms with Crippen LogP contribution in [0.25, 0.3) is 11.0 Å². The summed E-state index contributed by atoms with van der Waals surface area (Å²) in [6.45, 7) is 1.70. The number of carboxylic acid groups (broad SMARTS) is 1. The lowest BCUT2D eigenvalue weighted by Gasteiger charge is -2.03. The Balaban J connectivity index is 2.32. The Morgan fingerprint density at radius 3 is 2.93 bits per heavy atom. The van der Waals surface area contributed by atoms with Crippen molar-refractivity contribution in [3.05, 3.63) is 36.1 Å². The van der Waals surface area contributed by atoms with Gasteiger partial charge in [-0.15, -0.1) is 0 Å². The maximum atomic E-state index is 10.7. The van der Waals surface area contributed by atoms with E-state index in [-0.39, 0.29) is 5.92 Å². The highest BCUT2D eigenvalue weighted by Crippen LogP contribution is 2.23. The van der Waals surface area contributed by atoms with Crippen LogP contribution >= 0.6 is 0 Å². The van der Waals surface area contributed by atoms with Crippen molar-refractivity contribution in [3.63, 3.8) is 0 Å². The number of hydrogen-bond donors (Lipinski definition) is 1. The standard InChI is InChI=1S/C12H12O3/c1-8(12(13)14)6-9-7-15-11-5-3-2-4-10(9)11/h2-5,7-8H,6H2,1H3,(H,13,14). The topological polar surface area (TPSA) is 50.4 Å². The van der Waals surface area contributed by atoms with Crippen molar-refractivity contribution in [2.24, 2.45) is 5.92 Å². The van der Waals surface area contributed by atoms with Crippen molar-refractivity contribution in [3.8, 4) is 0 Å². The van der Waals surface area contributed by atoms with Gasteiger partial charge < -0.3 is 9.52 Å². The predicted octanol–water partition coefficient (Wildman–Crippen LogP) is 2.70. The lowest BCUT2D eigenvalue weighted by Crippen LogP contribution is -2.11. The number of benzene rings is 1. The first kappa shape index (κ1) is 9.77. The molecule has 0 fully saturated rings. The minimum Gasteiger partial charge on any atom is -0.481 e. The Labute approximate surface area is 87.3 Å². The molecule has 1 aromatic heterocycles. The van der Waals surface area contributed by atoms with E-state index in [1.165, 1.54) is 0 Å². The number of aliphatic carboxylic acids is 1. The van der Waals surface area contributed by atoms with Crippen LogP contribution in [0.1, 0.15) is 12.5 Å². The second-order valence-electron chi connectivity index (χ2n) is 3.70. The van der Waals surface area contributed by atoms with Crippen molar-refractivity contribution >= 4 is 16.9 Å². The SMILES string of the molecule is CC(Cc1coc2ccccc12)C(=O)O. The van der Waals surface area contributed by atoms with Gasteiger partial charge >= 0.3 is 5.97 Å². The number of fused-ring (bicyclic) bond motifs is 1. The molecule has 0 amide bonds. The summed E-state index contributed by atoms with van der Waals surface area (Å²) in [5.74, 6) is -1.16. The van der Waals surface area contributed by atoms with E-state index >= 15 is 0 Å². The highest BCUT2D eigenvalue weighted by Gasteiger charge is 2.14. The van der Waals surface area contributed by atoms with Gasteiger partial charge in [-0.2, -0.15) is 0 Å². The summed E-state index contributed by atoms with van der Waals surface area (Å²) < 4.78 is 5.34. The molecule has 0 saturated carbocycles. The van der Waals surface area contributed by atoms with Gasteiger partial charge in [0.05, 0.1) is 12.2 Å². The molecule has 2 rings (SSSR count). The first-order valence-electron chi connectivity index (χ1n) is 4.86. The third-order valence-electron chi connectivity index (χ3n) is 2.51. The predicted molar refractivity (Wildman–Crippen MR) is 56.7 cm³/mol. The fourth-order valence-corrected chi connectivity index (χ4v) is 1.61. The van der Waals surface area contributed by atoms with Gasteiger partial charge in [-0.3, -0.25) is 4.79 Å². The third-order valence-corrected chi connectivity index (χ3v) is 2.51. The summed E-state index contributed by atoms with van der Waals surface area (Å²) in [6, 6.07) is 7.65. The summed E-state index contributed by atoms with van der Waals surface area (Å²) in [6.07, 6.45) is 2.15. The van der Waals surface area contributed by atoms with Gasteiger partial charge in [0.15, 0.2) is 0 Å². The van der Waals surface area contributed by atoms with Crippen molar-refractivity contribution in [1.29, 1.82) is 0 Å². The lowest BCUT2D eigenvalue weighted by molar-refractivity contribution is -0.141. The lowest BCUT2D eigenvalue weighted by atomic mass is 10.0. The van der Waals surface area contributed by atoms with Crippen LogP contribution in [-0.4, -0.2) is 11.1 Å². The van der Waals surface area contributed by atoms with E-state index in [2.05, 4.69) is 0 Å². The normalized spacial score (nSPS) is 12.9. The smallest absolute Gasteiger partial charge is 0.306 e. The molecule has 0 aliphatic carbocycles. The van der Waals surface area contributed by atoms with E-state index < -0.39 is 5.97 Å². The highest BCUT2D eigenvalue weighted by atomic mass is 16.4. The molecule has 3 heteroatoms. The van der Waals surface area contributed by atoms with Crippen LogP contribution in [0.4, 0.5) is 0 Å². The fraction of sp³-hybridized carbons (Fsp3) is 0.250. The van der Waals surface area contributed by atoms with Crippen LogP contribution in [0.2, 0.25) is 0 Å². The second kappa shape index (κ2) is 3.77. The number of carboxylic acids is 1. The van der Waals surface area contributed by atoms with Crippen molar-refractivity contribution in [2.45, 2.75) is 13.3 Å². The number of carbonyl (C=O) groups is 1. The van der Waals surface area contributed by atoms with Gasteiger partial charge in [0.2, 0.25) is 0 Å². The molecule has 78 valence electrons. The molecule has 1 unspecified atom stereocenters. The van der Waals surface area contributed by atoms with Crippen LogP contribution < -0.4 is 0 Å². The van der Waals surface area contributed by atoms with Crippen LogP contribution in [0.5, 0.6) is 0 Å². The van der Waals surface area contributed by atoms with Gasteiger partial charge in [0.1, 0.15) is 5.58 Å². The minimum atomic E-state index is -0.778. The summed E-state index contributed by atoms with van der Waals surface area (Å²) in [7, 11) is 0. The first-order chi connectivity index (χ1) is 7.18. The molecule has 0 aliphatic rings. The molecule has 1 aromatic carbocycles. The van der Waals surface area contributed by atoms with Crippen LogP contribution in [0, 0.1) is 5.92 Å². The van der Waals surface area contributed by atoms with E-state index in [0.717, 1.165) is 16.5 Å². The summed E-state index contributed by atoms with van der Waals surface area (Å²) in [5.41, 5.74) is 1.77. The summed E-state index contributed by atoms with van der Waals surface area (Å²) in [5, 5.41) is 9.83. The van der Waals surface area contributed by atoms with E-state index in [4.69, 9.17) is 9.52 Å². The average molecular weight is 204 g/mol. The molecule has 0 spiro atoms. The molecule has 0 aliphatic heterocycles. The zero-order chi connectivity index (χ0) is 10.8. The molecule has 1 heterocycles. The van der Waals surface area contributed by atoms with Crippen molar-refractivity contribution in [1.82, 2.24) is 0 Å². The zero-order valence-electron chi connectivity index (χ0n) is 8.43. The van der Waals surface area contributed by atoms with Gasteiger partial charge in [0, 0.05) is 5.39 Å². The molecular formula is C12H12O3. The molecule has 3 nitrogen and oxygen atoms in total. The van der Waals surface area contributed by atoms with Gasteiger partial charge in [-0.25, -0.2) is 0 Å². The van der Waals surface area contributed by atoms with E-state index in [1.54, 1.807) is 13.2 Å². The molecule has 0 radical (unpaired) electrons. The maximum absolute atomic E-state index is 10.7. The molecule has 15 heavy (non-hydrogen) atoms. The molecule has 0 saturated heterocycles. The van der Waals surface area contributed by atoms with Gasteiger partial charge in [-0.05, 0) is 18.1 Å². The van der Waals surface area contributed by atoms with Crippen LogP contribution in [-0.2, 0) is 11.2 Å². The number of rotatable bonds is 3. The number of para-hydroxylation sites is 1. The van der Waals surface area contributed by atoms with Gasteiger partial charge in [-0.1, -0.05) is 25.1 Å². The molecule has 0 bridgehead atoms. The third kappa shape index (κ3) is 1.86. The van der Waals surface area contributed by atoms with Gasteiger partial charge in [0.25, 0.3) is 0 Å². The Hall–Kier alpha value is -1.77. The summed E-state index contributed by atoms with van der Waals surface area (Å²) >= 11 is 0. The Bertz CT molecular complexity index is 484. The molecule has 1 atom stereocenters. The summed E-state index contributed by atoms with van der Waals surface area (Å²) in [4.78, 5) is 10.7. The first-order valence-corrected chi connectivity index (χ1v) is 4.86. The Morgan fingerprint density at radius 2 is 2.20 bits per heavy atom. The maximum Gasteiger partial charge on any atom is 0.306 e. The largest absolute Gasteiger partial charge is 0.481 e. The Morgan fingerprint density at radius 1 is 1.47 bits per heavy atom. The van der Waals surface area contributed by atoms with Crippen LogP contribution in [0.15, 0.2) is 34.9 Å². The monoisotopic (exact) mass is 204 g/mol. The quantitative estimate of drug-likeness (QED) is 0.836. The van der Waals surface area contributed by atoms with E-state index in [1.807, 2.05) is 24.3 Å². The van der Waals surface area contributed by atoms with Crippen molar-refractivity contribution < 1.29 is 14.3 Å². The molecule has 1 N–H and O–H groups in total. The minimum absolute atomic E-state index is 0.383. The van der Waals surface area contributed by atoms with E-state index in [9.17, 15) is 4.79 Å². The van der Waals surface area contributed by atoms with E-state index in [0.29, 0.717) is 6.42 Å². The number of hydrogen-bond acceptors (Lipinski definition) is 2. The number of furan rings is 1. The second-order valence-corrected chi connectivity index (χ2v) is 3.70. The average Bonchev–Trinajstić information content (AvgIpc) is 2.62.